The fourth-order valence-corrected chi connectivity index (χ4v) is 5.98. The predicted octanol–water partition coefficient (Wildman–Crippen LogP) is 6.46. The fraction of sp³-hybridized carbons (Fsp3) is 0.282. The van der Waals surface area contributed by atoms with E-state index in [4.69, 9.17) is 4.74 Å². The van der Waals surface area contributed by atoms with Crippen LogP contribution in [0.3, 0.4) is 0 Å². The van der Waals surface area contributed by atoms with Crippen LogP contribution < -0.4 is 10.6 Å². The molecular weight excluding hydrogens is 761 g/mol. The van der Waals surface area contributed by atoms with Gasteiger partial charge in [0.25, 0.3) is 0 Å². The molecule has 0 radical (unpaired) electrons. The number of nitrogens with one attached hydrogen (secondary N) is 2. The molecule has 6 rings (SSSR count). The minimum atomic E-state index is -0.715. The van der Waals surface area contributed by atoms with E-state index in [9.17, 15) is 24.3 Å². The number of aliphatic hydroxyl groups excluding tert-OH is 1. The summed E-state index contributed by atoms with van der Waals surface area (Å²) < 4.78 is 10.7. The van der Waals surface area contributed by atoms with Crippen molar-refractivity contribution in [3.63, 3.8) is 0 Å². The summed E-state index contributed by atoms with van der Waals surface area (Å²) in [6.45, 7) is 2.74. The van der Waals surface area contributed by atoms with E-state index in [0.717, 1.165) is 0 Å². The maximum Gasteiger partial charge on any atom is 0.343 e. The molecule has 0 fully saturated rings. The summed E-state index contributed by atoms with van der Waals surface area (Å²) in [6.07, 6.45) is 4.44. The molecule has 3 N–H and O–H groups in total. The third-order valence-electron chi connectivity index (χ3n) is 9.04. The second-order valence-corrected chi connectivity index (χ2v) is 13.2. The molecule has 0 atom stereocenters. The Labute approximate surface area is 337 Å². The maximum absolute atomic E-state index is 13.4. The smallest absolute Gasteiger partial charge is 0.343 e. The lowest BCUT2D eigenvalue weighted by Gasteiger charge is -2.10. The molecule has 0 bridgehead atoms. The number of hydrogen-bond acceptors (Lipinski definition) is 14. The van der Waals surface area contributed by atoms with Crippen molar-refractivity contribution in [3.8, 4) is 11.4 Å². The van der Waals surface area contributed by atoms with Crippen molar-refractivity contribution in [3.05, 3.63) is 95.6 Å². The molecule has 304 valence electrons. The monoisotopic (exact) mass is 802 g/mol. The van der Waals surface area contributed by atoms with Crippen LogP contribution in [0.25, 0.3) is 11.4 Å². The Kier molecular flexibility index (Phi) is 13.0. The van der Waals surface area contributed by atoms with Crippen molar-refractivity contribution >= 4 is 58.2 Å². The molecule has 0 saturated carbocycles. The van der Waals surface area contributed by atoms with Gasteiger partial charge in [-0.05, 0) is 51.0 Å². The molecule has 0 unspecified atom stereocenters. The summed E-state index contributed by atoms with van der Waals surface area (Å²) in [5.41, 5.74) is 3.09. The number of para-hydroxylation sites is 2. The quantitative estimate of drug-likeness (QED) is 0.0393. The number of methoxy groups -OCH3 is 1. The molecule has 59 heavy (non-hydrogen) atoms. The Balaban J connectivity index is 1.12. The van der Waals surface area contributed by atoms with Crippen molar-refractivity contribution in [1.82, 2.24) is 39.1 Å². The number of benzene rings is 2. The number of esters is 1. The molecular formula is C39H42N14O6. The number of nitrogens with zero attached hydrogens (tertiary/aromatic N) is 12. The number of amides is 2. The highest BCUT2D eigenvalue weighted by atomic mass is 16.5. The number of azo groups is 2. The second kappa shape index (κ2) is 18.6. The number of rotatable bonds is 17. The van der Waals surface area contributed by atoms with Crippen LogP contribution in [0.15, 0.2) is 93.5 Å². The lowest BCUT2D eigenvalue weighted by Crippen LogP contribution is -2.16. The molecule has 2 aromatic carbocycles. The van der Waals surface area contributed by atoms with Gasteiger partial charge >= 0.3 is 5.97 Å². The minimum Gasteiger partial charge on any atom is -0.465 e. The average Bonchev–Trinajstić information content (AvgIpc) is 3.98. The molecule has 20 nitrogen and oxygen atoms in total. The van der Waals surface area contributed by atoms with Crippen molar-refractivity contribution in [2.45, 2.75) is 46.0 Å². The zero-order valence-corrected chi connectivity index (χ0v) is 33.0. The number of hydrogen-bond donors (Lipinski definition) is 3. The number of Topliss-reactive ketones (excluding diaryl/α,β-unsaturated/α-hetero) is 1. The largest absolute Gasteiger partial charge is 0.465 e. The van der Waals surface area contributed by atoms with Crippen LogP contribution in [0.2, 0.25) is 0 Å². The highest BCUT2D eigenvalue weighted by Gasteiger charge is 2.23. The van der Waals surface area contributed by atoms with Crippen molar-refractivity contribution in [1.29, 1.82) is 0 Å². The number of carbonyl (C=O) groups is 4. The number of aliphatic hydroxyl groups is 1. The predicted molar refractivity (Wildman–Crippen MR) is 214 cm³/mol. The van der Waals surface area contributed by atoms with Crippen LogP contribution in [0.4, 0.5) is 34.6 Å². The van der Waals surface area contributed by atoms with Gasteiger partial charge in [0.1, 0.15) is 12.2 Å². The van der Waals surface area contributed by atoms with Crippen molar-refractivity contribution < 1.29 is 29.0 Å². The van der Waals surface area contributed by atoms with E-state index >= 15 is 0 Å². The zero-order chi connectivity index (χ0) is 42.1. The van der Waals surface area contributed by atoms with E-state index in [-0.39, 0.29) is 58.9 Å². The first kappa shape index (κ1) is 41.2. The lowest BCUT2D eigenvalue weighted by molar-refractivity contribution is -0.116. The van der Waals surface area contributed by atoms with Crippen LogP contribution in [0.1, 0.15) is 64.2 Å². The first-order chi connectivity index (χ1) is 28.5. The van der Waals surface area contributed by atoms with Gasteiger partial charge in [-0.1, -0.05) is 42.8 Å². The maximum atomic E-state index is 13.4. The Morgan fingerprint density at radius 1 is 0.661 bits per heavy atom. The van der Waals surface area contributed by atoms with Gasteiger partial charge in [0.05, 0.1) is 47.8 Å². The molecule has 6 aromatic rings. The average molecular weight is 803 g/mol. The first-order valence-electron chi connectivity index (χ1n) is 18.5. The molecule has 2 amide bonds. The first-order valence-corrected chi connectivity index (χ1v) is 18.5. The van der Waals surface area contributed by atoms with Crippen LogP contribution in [-0.2, 0) is 28.4 Å². The van der Waals surface area contributed by atoms with Gasteiger partial charge in [0.2, 0.25) is 11.8 Å². The zero-order valence-electron chi connectivity index (χ0n) is 33.0. The highest BCUT2D eigenvalue weighted by Crippen LogP contribution is 2.35. The van der Waals surface area contributed by atoms with Gasteiger partial charge in [-0.15, -0.1) is 20.5 Å². The van der Waals surface area contributed by atoms with Gasteiger partial charge in [-0.2, -0.15) is 20.4 Å². The molecule has 20 heteroatoms. The van der Waals surface area contributed by atoms with E-state index in [1.54, 1.807) is 37.3 Å². The van der Waals surface area contributed by atoms with E-state index in [1.807, 2.05) is 60.7 Å². The Morgan fingerprint density at radius 3 is 1.54 bits per heavy atom. The minimum absolute atomic E-state index is 0.102. The molecule has 0 aliphatic carbocycles. The number of aromatic nitrogens is 8. The third-order valence-corrected chi connectivity index (χ3v) is 9.04. The fourth-order valence-electron chi connectivity index (χ4n) is 5.98. The number of unbranched alkanes of at least 4 members (excludes halogenated alkanes) is 2. The Hall–Kier alpha value is -7.48. The van der Waals surface area contributed by atoms with Crippen LogP contribution in [-0.4, -0.2) is 81.5 Å². The van der Waals surface area contributed by atoms with Crippen LogP contribution >= 0.6 is 0 Å². The second-order valence-electron chi connectivity index (χ2n) is 13.2. The highest BCUT2D eigenvalue weighted by molar-refractivity contribution is 6.00. The van der Waals surface area contributed by atoms with Gasteiger partial charge in [-0.3, -0.25) is 14.4 Å². The van der Waals surface area contributed by atoms with E-state index in [1.165, 1.54) is 28.9 Å². The molecule has 0 saturated heterocycles. The summed E-state index contributed by atoms with van der Waals surface area (Å²) in [4.78, 5) is 51.3. The van der Waals surface area contributed by atoms with Crippen molar-refractivity contribution in [2.75, 3.05) is 24.4 Å². The van der Waals surface area contributed by atoms with Gasteiger partial charge in [-0.25, -0.2) is 23.5 Å². The third kappa shape index (κ3) is 9.39. The Bertz CT molecular complexity index is 2360. The van der Waals surface area contributed by atoms with Gasteiger partial charge in [0.15, 0.2) is 40.4 Å². The van der Waals surface area contributed by atoms with Crippen LogP contribution in [0, 0.1) is 13.8 Å². The standard InChI is InChI=1S/C39H42N14O6/c1-24-33(44-46-35-28(30(55)23-54)21-40-50(35)3)37(52(48-24)26-15-9-6-10-16-26)42-31(56)19-13-8-14-20-32(57)43-38-34(25(2)49-53(38)27-17-11-7-12-18-27)45-47-36-29(39(58)59-5)22-41-51(36)4/h6-7,9-12,15-18,21-22,54H,8,13-14,19-20,23H2,1-5H3,(H,42,56)(H,43,57)/b46-44+,47-45+. The summed E-state index contributed by atoms with van der Waals surface area (Å²) in [6, 6.07) is 18.4. The summed E-state index contributed by atoms with van der Waals surface area (Å²) in [5.74, 6) is -0.909. The summed E-state index contributed by atoms with van der Waals surface area (Å²) >= 11 is 0. The topological polar surface area (TPSA) is 243 Å². The number of aryl methyl sites for hydroxylation is 4. The SMILES string of the molecule is COC(=O)c1cnn(C)c1/N=N/c1c(C)nn(-c2ccccc2)c1NC(=O)CCCCCC(=O)Nc1c(/N=N/c2c(C(=O)CO)cnn2C)c(C)nn1-c1ccccc1. The van der Waals surface area contributed by atoms with Crippen LogP contribution in [0.5, 0.6) is 0 Å². The number of ketones is 1. The van der Waals surface area contributed by atoms with Gasteiger partial charge in [0, 0.05) is 26.9 Å². The Morgan fingerprint density at radius 2 is 1.10 bits per heavy atom. The molecule has 4 heterocycles. The summed E-state index contributed by atoms with van der Waals surface area (Å²) in [5, 5.41) is 49.9. The lowest BCUT2D eigenvalue weighted by atomic mass is 10.1. The van der Waals surface area contributed by atoms with E-state index in [2.05, 4.69) is 51.5 Å². The molecule has 0 aliphatic heterocycles. The number of anilines is 2. The molecule has 4 aromatic heterocycles. The molecule has 0 spiro atoms. The van der Waals surface area contributed by atoms with E-state index in [0.29, 0.717) is 53.5 Å². The van der Waals surface area contributed by atoms with Gasteiger partial charge < -0.3 is 20.5 Å². The number of carbonyl (C=O) groups excluding carboxylic acids is 4. The van der Waals surface area contributed by atoms with Crippen molar-refractivity contribution in [2.24, 2.45) is 34.6 Å². The normalized spacial score (nSPS) is 11.4. The molecule has 0 aliphatic rings. The summed E-state index contributed by atoms with van der Waals surface area (Å²) in [7, 11) is 4.47. The number of ether oxygens (including phenoxy) is 1. The van der Waals surface area contributed by atoms with E-state index < -0.39 is 18.4 Å².